The van der Waals surface area contributed by atoms with Crippen LogP contribution in [0.25, 0.3) is 0 Å². The van der Waals surface area contributed by atoms with E-state index in [1.165, 1.54) is 31.2 Å². The second-order valence-corrected chi connectivity index (χ2v) is 9.17. The van der Waals surface area contributed by atoms with Gasteiger partial charge in [-0.05, 0) is 43.1 Å². The molecule has 1 amide bonds. The number of benzene rings is 1. The third kappa shape index (κ3) is 3.72. The van der Waals surface area contributed by atoms with E-state index in [0.717, 1.165) is 45.9 Å². The Morgan fingerprint density at radius 1 is 1.04 bits per heavy atom. The zero-order valence-corrected chi connectivity index (χ0v) is 16.8. The van der Waals surface area contributed by atoms with Crippen LogP contribution in [0.3, 0.4) is 0 Å². The number of rotatable bonds is 3. The third-order valence-electron chi connectivity index (χ3n) is 7.39. The molecule has 152 valence electrons. The van der Waals surface area contributed by atoms with Gasteiger partial charge in [0.1, 0.15) is 0 Å². The molecule has 5 nitrogen and oxygen atoms in total. The second kappa shape index (κ2) is 8.13. The number of piperidine rings is 3. The van der Waals surface area contributed by atoms with E-state index in [4.69, 9.17) is 4.74 Å². The summed E-state index contributed by atoms with van der Waals surface area (Å²) in [6, 6.07) is 12.3. The van der Waals surface area contributed by atoms with Crippen LogP contribution >= 0.6 is 0 Å². The molecule has 1 aromatic carbocycles. The van der Waals surface area contributed by atoms with Crippen molar-refractivity contribution in [2.75, 3.05) is 52.5 Å². The minimum atomic E-state index is 0.334. The number of morpholine rings is 1. The van der Waals surface area contributed by atoms with Gasteiger partial charge in [-0.15, -0.1) is 0 Å². The molecule has 4 fully saturated rings. The zero-order valence-electron chi connectivity index (χ0n) is 16.8. The predicted molar refractivity (Wildman–Crippen MR) is 109 cm³/mol. The maximum atomic E-state index is 13.0. The van der Waals surface area contributed by atoms with Crippen molar-refractivity contribution >= 4 is 5.91 Å². The zero-order chi connectivity index (χ0) is 18.9. The van der Waals surface area contributed by atoms with Crippen LogP contribution in [0.15, 0.2) is 30.3 Å². The number of hydrogen-bond acceptors (Lipinski definition) is 4. The summed E-state index contributed by atoms with van der Waals surface area (Å²) in [6.07, 6.45) is 5.19. The number of nitrogens with zero attached hydrogens (tertiary/aromatic N) is 3. The van der Waals surface area contributed by atoms with E-state index < -0.39 is 0 Å². The molecule has 0 aromatic heterocycles. The van der Waals surface area contributed by atoms with Gasteiger partial charge in [0.2, 0.25) is 5.91 Å². The van der Waals surface area contributed by atoms with Crippen LogP contribution in [0.2, 0.25) is 0 Å². The SMILES string of the molecule is O=C(CN1CCOCC1)N1C[C@@H]2C[C@H](C1)[C@@H]1CCC[C@H](c3ccccc3)N1C2. The standard InChI is InChI=1S/C23H33N3O2/c27-23(17-24-9-11-28-12-10-24)25-14-18-13-20(16-25)22-8-4-7-21(26(22)15-18)19-5-2-1-3-6-19/h1-3,5-6,18,20-22H,4,7-17H2/t18-,20+,21+,22-/m0/s1. The average Bonchev–Trinajstić information content (AvgIpc) is 2.74. The van der Waals surface area contributed by atoms with E-state index in [0.29, 0.717) is 36.4 Å². The molecular formula is C23H33N3O2. The van der Waals surface area contributed by atoms with Crippen LogP contribution in [0.4, 0.5) is 0 Å². The van der Waals surface area contributed by atoms with Gasteiger partial charge < -0.3 is 9.64 Å². The van der Waals surface area contributed by atoms with Crippen LogP contribution in [0, 0.1) is 11.8 Å². The van der Waals surface area contributed by atoms with Gasteiger partial charge in [0.25, 0.3) is 0 Å². The Bertz CT molecular complexity index is 676. The van der Waals surface area contributed by atoms with E-state index in [-0.39, 0.29) is 0 Å². The minimum Gasteiger partial charge on any atom is -0.379 e. The molecule has 4 saturated heterocycles. The maximum absolute atomic E-state index is 13.0. The van der Waals surface area contributed by atoms with Crippen LogP contribution in [0.1, 0.15) is 37.3 Å². The Morgan fingerprint density at radius 3 is 2.68 bits per heavy atom. The van der Waals surface area contributed by atoms with Gasteiger partial charge in [-0.3, -0.25) is 14.6 Å². The lowest BCUT2D eigenvalue weighted by Gasteiger charge is -2.55. The first-order valence-corrected chi connectivity index (χ1v) is 11.2. The average molecular weight is 384 g/mol. The van der Waals surface area contributed by atoms with E-state index in [2.05, 4.69) is 45.0 Å². The maximum Gasteiger partial charge on any atom is 0.236 e. The summed E-state index contributed by atoms with van der Waals surface area (Å²) in [5.41, 5.74) is 1.48. The monoisotopic (exact) mass is 383 g/mol. The molecule has 0 spiro atoms. The molecule has 5 rings (SSSR count). The highest BCUT2D eigenvalue weighted by Crippen LogP contribution is 2.44. The van der Waals surface area contributed by atoms with Crippen molar-refractivity contribution in [3.63, 3.8) is 0 Å². The number of fused-ring (bicyclic) bond motifs is 4. The summed E-state index contributed by atoms with van der Waals surface area (Å²) in [4.78, 5) is 20.2. The summed E-state index contributed by atoms with van der Waals surface area (Å²) in [7, 11) is 0. The topological polar surface area (TPSA) is 36.0 Å². The third-order valence-corrected chi connectivity index (χ3v) is 7.39. The fourth-order valence-corrected chi connectivity index (χ4v) is 6.10. The molecule has 0 saturated carbocycles. The van der Waals surface area contributed by atoms with Crippen LogP contribution < -0.4 is 0 Å². The van der Waals surface area contributed by atoms with Crippen LogP contribution in [-0.2, 0) is 9.53 Å². The fourth-order valence-electron chi connectivity index (χ4n) is 6.10. The normalized spacial score (nSPS) is 34.1. The molecule has 4 atom stereocenters. The quantitative estimate of drug-likeness (QED) is 0.803. The van der Waals surface area contributed by atoms with Crippen LogP contribution in [0.5, 0.6) is 0 Å². The molecule has 4 aliphatic heterocycles. The first kappa shape index (κ1) is 18.6. The van der Waals surface area contributed by atoms with Crippen molar-refractivity contribution in [1.29, 1.82) is 0 Å². The van der Waals surface area contributed by atoms with Crippen LogP contribution in [-0.4, -0.2) is 79.1 Å². The molecule has 28 heavy (non-hydrogen) atoms. The van der Waals surface area contributed by atoms with E-state index in [1.54, 1.807) is 0 Å². The Morgan fingerprint density at radius 2 is 1.86 bits per heavy atom. The summed E-state index contributed by atoms with van der Waals surface area (Å²) in [5, 5.41) is 0. The first-order chi connectivity index (χ1) is 13.8. The van der Waals surface area contributed by atoms with Gasteiger partial charge in [-0.25, -0.2) is 0 Å². The van der Waals surface area contributed by atoms with Crippen molar-refractivity contribution in [3.05, 3.63) is 35.9 Å². The minimum absolute atomic E-state index is 0.334. The summed E-state index contributed by atoms with van der Waals surface area (Å²) < 4.78 is 5.42. The summed E-state index contributed by atoms with van der Waals surface area (Å²) in [6.45, 7) is 6.94. The largest absolute Gasteiger partial charge is 0.379 e. The lowest BCUT2D eigenvalue weighted by Crippen LogP contribution is -2.61. The molecule has 2 bridgehead atoms. The van der Waals surface area contributed by atoms with Gasteiger partial charge in [0.05, 0.1) is 19.8 Å². The van der Waals surface area contributed by atoms with Crippen molar-refractivity contribution in [1.82, 2.24) is 14.7 Å². The smallest absolute Gasteiger partial charge is 0.236 e. The Balaban J connectivity index is 1.26. The molecule has 4 aliphatic rings. The van der Waals surface area contributed by atoms with Gasteiger partial charge in [0.15, 0.2) is 0 Å². The lowest BCUT2D eigenvalue weighted by molar-refractivity contribution is -0.141. The van der Waals surface area contributed by atoms with Gasteiger partial charge in [0, 0.05) is 44.8 Å². The van der Waals surface area contributed by atoms with E-state index in [1.807, 2.05) is 0 Å². The highest BCUT2D eigenvalue weighted by Gasteiger charge is 2.45. The number of likely N-dealkylation sites (tertiary alicyclic amines) is 1. The Kier molecular flexibility index (Phi) is 5.40. The second-order valence-electron chi connectivity index (χ2n) is 9.17. The van der Waals surface area contributed by atoms with E-state index in [9.17, 15) is 4.79 Å². The molecule has 4 heterocycles. The predicted octanol–water partition coefficient (Wildman–Crippen LogP) is 2.39. The summed E-state index contributed by atoms with van der Waals surface area (Å²) in [5.74, 6) is 1.61. The summed E-state index contributed by atoms with van der Waals surface area (Å²) >= 11 is 0. The molecule has 0 radical (unpaired) electrons. The molecule has 0 aliphatic carbocycles. The lowest BCUT2D eigenvalue weighted by atomic mass is 9.74. The number of carbonyl (C=O) groups is 1. The van der Waals surface area contributed by atoms with Gasteiger partial charge >= 0.3 is 0 Å². The molecule has 1 aromatic rings. The number of amides is 1. The molecule has 5 heteroatoms. The van der Waals surface area contributed by atoms with Gasteiger partial charge in [-0.2, -0.15) is 0 Å². The fraction of sp³-hybridized carbons (Fsp3) is 0.696. The molecule has 0 N–H and O–H groups in total. The highest BCUT2D eigenvalue weighted by atomic mass is 16.5. The molecule has 0 unspecified atom stereocenters. The number of hydrogen-bond donors (Lipinski definition) is 0. The van der Waals surface area contributed by atoms with Crippen molar-refractivity contribution < 1.29 is 9.53 Å². The number of carbonyl (C=O) groups excluding carboxylic acids is 1. The van der Waals surface area contributed by atoms with Gasteiger partial charge in [-0.1, -0.05) is 30.3 Å². The van der Waals surface area contributed by atoms with Crippen molar-refractivity contribution in [3.8, 4) is 0 Å². The number of ether oxygens (including phenoxy) is 1. The molecular weight excluding hydrogens is 350 g/mol. The van der Waals surface area contributed by atoms with Crippen molar-refractivity contribution in [2.45, 2.75) is 37.8 Å². The Labute approximate surface area is 168 Å². The first-order valence-electron chi connectivity index (χ1n) is 11.2. The Hall–Kier alpha value is -1.43. The van der Waals surface area contributed by atoms with E-state index >= 15 is 0 Å². The van der Waals surface area contributed by atoms with Crippen molar-refractivity contribution in [2.24, 2.45) is 11.8 Å². The highest BCUT2D eigenvalue weighted by molar-refractivity contribution is 5.78.